The molecule has 1 unspecified atom stereocenters. The van der Waals surface area contributed by atoms with Crippen LogP contribution in [0.5, 0.6) is 0 Å². The molecule has 0 spiro atoms. The molecule has 14 heavy (non-hydrogen) atoms. The van der Waals surface area contributed by atoms with E-state index in [0.29, 0.717) is 16.6 Å². The van der Waals surface area contributed by atoms with Gasteiger partial charge in [0.15, 0.2) is 0 Å². The maximum absolute atomic E-state index is 13.8. The number of hydrogen-bond acceptors (Lipinski definition) is 1. The SMILES string of the molecule is CCC(C)(CN)c1cccc(Br)c1F. The average Bonchev–Trinajstić information content (AvgIpc) is 2.21. The zero-order valence-electron chi connectivity index (χ0n) is 8.48. The van der Waals surface area contributed by atoms with Crippen molar-refractivity contribution in [3.63, 3.8) is 0 Å². The molecule has 0 bridgehead atoms. The number of hydrogen-bond donors (Lipinski definition) is 1. The largest absolute Gasteiger partial charge is 0.330 e. The van der Waals surface area contributed by atoms with Crippen LogP contribution in [0.25, 0.3) is 0 Å². The first-order valence-electron chi connectivity index (χ1n) is 4.69. The number of halogens is 2. The summed E-state index contributed by atoms with van der Waals surface area (Å²) in [6.45, 7) is 4.46. The van der Waals surface area contributed by atoms with E-state index in [1.165, 1.54) is 0 Å². The van der Waals surface area contributed by atoms with Gasteiger partial charge in [-0.25, -0.2) is 4.39 Å². The van der Waals surface area contributed by atoms with E-state index in [-0.39, 0.29) is 11.2 Å². The summed E-state index contributed by atoms with van der Waals surface area (Å²) in [6.07, 6.45) is 0.830. The van der Waals surface area contributed by atoms with Gasteiger partial charge in [0.1, 0.15) is 5.82 Å². The molecular weight excluding hydrogens is 245 g/mol. The molecular formula is C11H15BrFN. The van der Waals surface area contributed by atoms with Crippen LogP contribution >= 0.6 is 15.9 Å². The summed E-state index contributed by atoms with van der Waals surface area (Å²) in [5.41, 5.74) is 6.11. The molecule has 1 aromatic carbocycles. The van der Waals surface area contributed by atoms with E-state index in [2.05, 4.69) is 15.9 Å². The third kappa shape index (κ3) is 1.98. The first kappa shape index (κ1) is 11.7. The maximum atomic E-state index is 13.8. The highest BCUT2D eigenvalue weighted by atomic mass is 79.9. The van der Waals surface area contributed by atoms with Gasteiger partial charge in [0, 0.05) is 12.0 Å². The van der Waals surface area contributed by atoms with E-state index in [9.17, 15) is 4.39 Å². The van der Waals surface area contributed by atoms with E-state index in [1.807, 2.05) is 19.9 Å². The Labute approximate surface area is 92.6 Å². The average molecular weight is 260 g/mol. The predicted octanol–water partition coefficient (Wildman–Crippen LogP) is 3.21. The summed E-state index contributed by atoms with van der Waals surface area (Å²) in [6, 6.07) is 5.34. The zero-order chi connectivity index (χ0) is 10.8. The van der Waals surface area contributed by atoms with Crippen molar-refractivity contribution in [3.05, 3.63) is 34.1 Å². The molecule has 78 valence electrons. The molecule has 0 aliphatic rings. The fraction of sp³-hybridized carbons (Fsp3) is 0.455. The molecule has 0 saturated carbocycles. The topological polar surface area (TPSA) is 26.0 Å². The fourth-order valence-electron chi connectivity index (χ4n) is 1.41. The van der Waals surface area contributed by atoms with Crippen LogP contribution in [0.1, 0.15) is 25.8 Å². The fourth-order valence-corrected chi connectivity index (χ4v) is 1.78. The van der Waals surface area contributed by atoms with E-state index < -0.39 is 0 Å². The minimum atomic E-state index is -0.270. The van der Waals surface area contributed by atoms with Crippen LogP contribution in [0, 0.1) is 5.82 Å². The van der Waals surface area contributed by atoms with Crippen LogP contribution in [-0.4, -0.2) is 6.54 Å². The lowest BCUT2D eigenvalue weighted by Crippen LogP contribution is -2.32. The van der Waals surface area contributed by atoms with E-state index >= 15 is 0 Å². The maximum Gasteiger partial charge on any atom is 0.141 e. The summed E-state index contributed by atoms with van der Waals surface area (Å²) in [5.74, 6) is -0.192. The van der Waals surface area contributed by atoms with Crippen molar-refractivity contribution in [1.82, 2.24) is 0 Å². The van der Waals surface area contributed by atoms with Crippen LogP contribution in [-0.2, 0) is 5.41 Å². The number of benzene rings is 1. The second kappa shape index (κ2) is 4.41. The van der Waals surface area contributed by atoms with Crippen molar-refractivity contribution in [2.24, 2.45) is 5.73 Å². The Kier molecular flexibility index (Phi) is 3.67. The van der Waals surface area contributed by atoms with Crippen molar-refractivity contribution in [3.8, 4) is 0 Å². The molecule has 0 amide bonds. The molecule has 0 fully saturated rings. The van der Waals surface area contributed by atoms with Crippen molar-refractivity contribution >= 4 is 15.9 Å². The molecule has 0 heterocycles. The van der Waals surface area contributed by atoms with Crippen molar-refractivity contribution in [2.45, 2.75) is 25.7 Å². The van der Waals surface area contributed by atoms with Crippen molar-refractivity contribution in [2.75, 3.05) is 6.54 Å². The Morgan fingerprint density at radius 1 is 1.50 bits per heavy atom. The normalized spacial score (nSPS) is 15.2. The van der Waals surface area contributed by atoms with Gasteiger partial charge in [0.25, 0.3) is 0 Å². The lowest BCUT2D eigenvalue weighted by atomic mass is 9.80. The molecule has 1 nitrogen and oxygen atoms in total. The Balaban J connectivity index is 3.24. The van der Waals surface area contributed by atoms with Gasteiger partial charge in [-0.1, -0.05) is 26.0 Å². The highest BCUT2D eigenvalue weighted by molar-refractivity contribution is 9.10. The summed E-state index contributed by atoms with van der Waals surface area (Å²) in [5, 5.41) is 0. The number of nitrogens with two attached hydrogens (primary N) is 1. The monoisotopic (exact) mass is 259 g/mol. The third-order valence-corrected chi connectivity index (χ3v) is 3.45. The van der Waals surface area contributed by atoms with Gasteiger partial charge in [0.05, 0.1) is 4.47 Å². The summed E-state index contributed by atoms with van der Waals surface area (Å²) < 4.78 is 14.3. The molecule has 2 N–H and O–H groups in total. The summed E-state index contributed by atoms with van der Waals surface area (Å²) in [7, 11) is 0. The van der Waals surface area contributed by atoms with E-state index in [4.69, 9.17) is 5.73 Å². The molecule has 0 aromatic heterocycles. The van der Waals surface area contributed by atoms with Gasteiger partial charge in [-0.05, 0) is 34.0 Å². The minimum Gasteiger partial charge on any atom is -0.330 e. The van der Waals surface area contributed by atoms with Crippen LogP contribution in [0.4, 0.5) is 4.39 Å². The molecule has 1 atom stereocenters. The van der Waals surface area contributed by atoms with Gasteiger partial charge in [0.2, 0.25) is 0 Å². The first-order valence-corrected chi connectivity index (χ1v) is 5.49. The Morgan fingerprint density at radius 3 is 2.64 bits per heavy atom. The smallest absolute Gasteiger partial charge is 0.141 e. The molecule has 0 aliphatic heterocycles. The van der Waals surface area contributed by atoms with Gasteiger partial charge < -0.3 is 5.73 Å². The first-order chi connectivity index (χ1) is 6.55. The van der Waals surface area contributed by atoms with Gasteiger partial charge in [-0.3, -0.25) is 0 Å². The van der Waals surface area contributed by atoms with Crippen LogP contribution < -0.4 is 5.73 Å². The van der Waals surface area contributed by atoms with E-state index in [0.717, 1.165) is 6.42 Å². The van der Waals surface area contributed by atoms with Crippen LogP contribution in [0.15, 0.2) is 22.7 Å². The molecule has 1 rings (SSSR count). The summed E-state index contributed by atoms with van der Waals surface area (Å²) >= 11 is 3.18. The lowest BCUT2D eigenvalue weighted by molar-refractivity contribution is 0.437. The van der Waals surface area contributed by atoms with Gasteiger partial charge >= 0.3 is 0 Å². The quantitative estimate of drug-likeness (QED) is 0.887. The molecule has 0 radical (unpaired) electrons. The summed E-state index contributed by atoms with van der Waals surface area (Å²) in [4.78, 5) is 0. The minimum absolute atomic E-state index is 0.192. The van der Waals surface area contributed by atoms with Crippen molar-refractivity contribution in [1.29, 1.82) is 0 Å². The molecule has 0 saturated heterocycles. The Morgan fingerprint density at radius 2 is 2.14 bits per heavy atom. The molecule has 0 aliphatic carbocycles. The van der Waals surface area contributed by atoms with Crippen LogP contribution in [0.2, 0.25) is 0 Å². The second-order valence-corrected chi connectivity index (χ2v) is 4.57. The Bertz CT molecular complexity index is 321. The highest BCUT2D eigenvalue weighted by Crippen LogP contribution is 2.31. The zero-order valence-corrected chi connectivity index (χ0v) is 10.1. The predicted molar refractivity (Wildman–Crippen MR) is 60.8 cm³/mol. The lowest BCUT2D eigenvalue weighted by Gasteiger charge is -2.27. The van der Waals surface area contributed by atoms with Crippen molar-refractivity contribution < 1.29 is 4.39 Å². The standard InChI is InChI=1S/C11H15BrFN/c1-3-11(2,7-14)8-5-4-6-9(12)10(8)13/h4-6H,3,7,14H2,1-2H3. The molecule has 3 heteroatoms. The van der Waals surface area contributed by atoms with E-state index in [1.54, 1.807) is 12.1 Å². The highest BCUT2D eigenvalue weighted by Gasteiger charge is 2.26. The number of rotatable bonds is 3. The Hall–Kier alpha value is -0.410. The second-order valence-electron chi connectivity index (χ2n) is 3.72. The third-order valence-electron chi connectivity index (χ3n) is 2.83. The van der Waals surface area contributed by atoms with Crippen LogP contribution in [0.3, 0.4) is 0 Å². The molecule has 1 aromatic rings. The van der Waals surface area contributed by atoms with Gasteiger partial charge in [-0.15, -0.1) is 0 Å². The van der Waals surface area contributed by atoms with Gasteiger partial charge in [-0.2, -0.15) is 0 Å².